The molecule has 2 aliphatic heterocycles. The highest BCUT2D eigenvalue weighted by atomic mass is 35.5. The lowest BCUT2D eigenvalue weighted by Crippen LogP contribution is -2.45. The molecule has 0 aromatic heterocycles. The van der Waals surface area contributed by atoms with Crippen molar-refractivity contribution in [1.29, 1.82) is 0 Å². The molecule has 7 heteroatoms. The number of benzene rings is 1. The second-order valence-corrected chi connectivity index (χ2v) is 7.49. The number of carbonyl (C=O) groups is 2. The molecule has 1 N–H and O–H groups in total. The molecule has 1 aromatic carbocycles. The molecule has 2 fully saturated rings. The molecular formula is C16H18ClNO4S. The van der Waals surface area contributed by atoms with Crippen molar-refractivity contribution in [3.8, 4) is 0 Å². The fraction of sp³-hybridized carbons (Fsp3) is 0.500. The number of likely N-dealkylation sites (tertiary alicyclic amines) is 1. The van der Waals surface area contributed by atoms with E-state index in [4.69, 9.17) is 16.3 Å². The van der Waals surface area contributed by atoms with E-state index in [0.29, 0.717) is 37.0 Å². The Bertz CT molecular complexity index is 609. The summed E-state index contributed by atoms with van der Waals surface area (Å²) in [4.78, 5) is 26.8. The number of hydrogen-bond acceptors (Lipinski definition) is 4. The molecule has 23 heavy (non-hydrogen) atoms. The SMILES string of the molecule is O=C(CSc1ccc(Cl)cc1)N1C[C@H]2COCC[C@@]2(C(=O)O)C1. The minimum atomic E-state index is -0.834. The molecule has 1 amide bonds. The lowest BCUT2D eigenvalue weighted by Gasteiger charge is -2.33. The van der Waals surface area contributed by atoms with Gasteiger partial charge in [0.1, 0.15) is 0 Å². The zero-order chi connectivity index (χ0) is 16.4. The molecule has 0 aliphatic carbocycles. The molecule has 2 aliphatic rings. The van der Waals surface area contributed by atoms with Gasteiger partial charge in [-0.15, -0.1) is 11.8 Å². The van der Waals surface area contributed by atoms with Crippen molar-refractivity contribution in [2.24, 2.45) is 11.3 Å². The van der Waals surface area contributed by atoms with Crippen LogP contribution < -0.4 is 0 Å². The summed E-state index contributed by atoms with van der Waals surface area (Å²) in [5.41, 5.74) is -0.834. The fourth-order valence-corrected chi connectivity index (χ4v) is 4.18. The van der Waals surface area contributed by atoms with Gasteiger partial charge in [-0.1, -0.05) is 11.6 Å². The molecular weight excluding hydrogens is 338 g/mol. The Hall–Kier alpha value is -1.24. The van der Waals surface area contributed by atoms with Gasteiger partial charge in [0.2, 0.25) is 5.91 Å². The van der Waals surface area contributed by atoms with Gasteiger partial charge >= 0.3 is 5.97 Å². The molecule has 0 spiro atoms. The van der Waals surface area contributed by atoms with Crippen LogP contribution in [0.2, 0.25) is 5.02 Å². The minimum absolute atomic E-state index is 0.0278. The van der Waals surface area contributed by atoms with Crippen molar-refractivity contribution in [2.45, 2.75) is 11.3 Å². The van der Waals surface area contributed by atoms with Crippen molar-refractivity contribution in [2.75, 3.05) is 32.1 Å². The number of aliphatic carboxylic acids is 1. The van der Waals surface area contributed by atoms with E-state index in [1.54, 1.807) is 17.0 Å². The molecule has 3 rings (SSSR count). The number of carbonyl (C=O) groups excluding carboxylic acids is 1. The zero-order valence-corrected chi connectivity index (χ0v) is 14.1. The van der Waals surface area contributed by atoms with E-state index in [0.717, 1.165) is 4.90 Å². The Morgan fingerprint density at radius 3 is 2.78 bits per heavy atom. The maximum absolute atomic E-state index is 12.4. The monoisotopic (exact) mass is 355 g/mol. The molecule has 0 saturated carbocycles. The topological polar surface area (TPSA) is 66.8 Å². The van der Waals surface area contributed by atoms with E-state index in [1.807, 2.05) is 12.1 Å². The van der Waals surface area contributed by atoms with Crippen LogP contribution in [-0.4, -0.2) is 53.9 Å². The van der Waals surface area contributed by atoms with Crippen LogP contribution >= 0.6 is 23.4 Å². The van der Waals surface area contributed by atoms with Gasteiger partial charge in [-0.2, -0.15) is 0 Å². The lowest BCUT2D eigenvalue weighted by molar-refractivity contribution is -0.157. The van der Waals surface area contributed by atoms with Gasteiger partial charge in [-0.25, -0.2) is 0 Å². The third kappa shape index (κ3) is 3.34. The Morgan fingerprint density at radius 1 is 1.39 bits per heavy atom. The van der Waals surface area contributed by atoms with Crippen LogP contribution in [0.1, 0.15) is 6.42 Å². The molecule has 2 saturated heterocycles. The Labute approximate surface area is 143 Å². The minimum Gasteiger partial charge on any atom is -0.481 e. The number of hydrogen-bond donors (Lipinski definition) is 1. The Kier molecular flexibility index (Phi) is 4.85. The van der Waals surface area contributed by atoms with Gasteiger partial charge in [0.05, 0.1) is 17.8 Å². The molecule has 0 unspecified atom stereocenters. The standard InChI is InChI=1S/C16H18ClNO4S/c17-12-1-3-13(4-2-12)23-9-14(19)18-7-11-8-22-6-5-16(11,10-18)15(20)21/h1-4,11H,5-10H2,(H,20,21)/t11-,16+/m0/s1. The molecule has 5 nitrogen and oxygen atoms in total. The number of rotatable bonds is 4. The summed E-state index contributed by atoms with van der Waals surface area (Å²) < 4.78 is 5.41. The number of fused-ring (bicyclic) bond motifs is 1. The number of ether oxygens (including phenoxy) is 1. The van der Waals surface area contributed by atoms with Crippen molar-refractivity contribution in [3.63, 3.8) is 0 Å². The first-order valence-electron chi connectivity index (χ1n) is 7.48. The second-order valence-electron chi connectivity index (χ2n) is 6.00. The van der Waals surface area contributed by atoms with Crippen LogP contribution in [0.3, 0.4) is 0 Å². The Balaban J connectivity index is 1.62. The molecule has 0 radical (unpaired) electrons. The van der Waals surface area contributed by atoms with Crippen LogP contribution in [0.5, 0.6) is 0 Å². The summed E-state index contributed by atoms with van der Waals surface area (Å²) in [6.07, 6.45) is 0.473. The highest BCUT2D eigenvalue weighted by Gasteiger charge is 2.54. The number of halogens is 1. The number of nitrogens with zero attached hydrogens (tertiary/aromatic N) is 1. The maximum Gasteiger partial charge on any atom is 0.311 e. The van der Waals surface area contributed by atoms with E-state index in [-0.39, 0.29) is 18.4 Å². The average molecular weight is 356 g/mol. The molecule has 2 atom stereocenters. The van der Waals surface area contributed by atoms with Gasteiger partial charge in [-0.3, -0.25) is 9.59 Å². The molecule has 0 bridgehead atoms. The first-order chi connectivity index (χ1) is 11.0. The smallest absolute Gasteiger partial charge is 0.311 e. The number of amides is 1. The molecule has 124 valence electrons. The van der Waals surface area contributed by atoms with Crippen LogP contribution in [0.4, 0.5) is 0 Å². The average Bonchev–Trinajstić information content (AvgIpc) is 2.95. The normalized spacial score (nSPS) is 26.8. The Morgan fingerprint density at radius 2 is 2.13 bits per heavy atom. The fourth-order valence-electron chi connectivity index (χ4n) is 3.26. The van der Waals surface area contributed by atoms with E-state index < -0.39 is 11.4 Å². The summed E-state index contributed by atoms with van der Waals surface area (Å²) in [6.45, 7) is 1.62. The summed E-state index contributed by atoms with van der Waals surface area (Å²) in [5, 5.41) is 10.3. The lowest BCUT2D eigenvalue weighted by atomic mass is 9.74. The van der Waals surface area contributed by atoms with E-state index in [2.05, 4.69) is 0 Å². The largest absolute Gasteiger partial charge is 0.481 e. The predicted octanol–water partition coefficient (Wildman–Crippen LogP) is 2.38. The predicted molar refractivity (Wildman–Crippen MR) is 87.8 cm³/mol. The summed E-state index contributed by atoms with van der Waals surface area (Å²) in [6, 6.07) is 7.32. The molecule has 1 aromatic rings. The highest BCUT2D eigenvalue weighted by Crippen LogP contribution is 2.42. The van der Waals surface area contributed by atoms with Crippen LogP contribution in [0, 0.1) is 11.3 Å². The van der Waals surface area contributed by atoms with Crippen LogP contribution in [0.15, 0.2) is 29.2 Å². The molecule has 2 heterocycles. The zero-order valence-electron chi connectivity index (χ0n) is 12.5. The first kappa shape index (κ1) is 16.6. The van der Waals surface area contributed by atoms with Crippen LogP contribution in [0.25, 0.3) is 0 Å². The third-order valence-corrected chi connectivity index (χ3v) is 5.91. The van der Waals surface area contributed by atoms with Crippen molar-refractivity contribution < 1.29 is 19.4 Å². The van der Waals surface area contributed by atoms with Gasteiger partial charge in [-0.05, 0) is 30.7 Å². The number of carboxylic acids is 1. The quantitative estimate of drug-likeness (QED) is 0.840. The van der Waals surface area contributed by atoms with Gasteiger partial charge < -0.3 is 14.7 Å². The van der Waals surface area contributed by atoms with Gasteiger partial charge in [0.25, 0.3) is 0 Å². The van der Waals surface area contributed by atoms with E-state index in [9.17, 15) is 14.7 Å². The van der Waals surface area contributed by atoms with Gasteiger partial charge in [0, 0.05) is 35.5 Å². The van der Waals surface area contributed by atoms with Crippen molar-refractivity contribution in [3.05, 3.63) is 29.3 Å². The van der Waals surface area contributed by atoms with Crippen molar-refractivity contribution in [1.82, 2.24) is 4.90 Å². The number of carboxylic acid groups (broad SMARTS) is 1. The summed E-state index contributed by atoms with van der Waals surface area (Å²) >= 11 is 7.28. The second kappa shape index (κ2) is 6.71. The summed E-state index contributed by atoms with van der Waals surface area (Å²) in [7, 11) is 0. The number of thioether (sulfide) groups is 1. The first-order valence-corrected chi connectivity index (χ1v) is 8.85. The maximum atomic E-state index is 12.4. The highest BCUT2D eigenvalue weighted by molar-refractivity contribution is 8.00. The van der Waals surface area contributed by atoms with Gasteiger partial charge in [0.15, 0.2) is 0 Å². The van der Waals surface area contributed by atoms with E-state index in [1.165, 1.54) is 11.8 Å². The third-order valence-electron chi connectivity index (χ3n) is 4.66. The summed E-state index contributed by atoms with van der Waals surface area (Å²) in [5.74, 6) is -0.657. The van der Waals surface area contributed by atoms with E-state index >= 15 is 0 Å². The van der Waals surface area contributed by atoms with Crippen LogP contribution in [-0.2, 0) is 14.3 Å². The van der Waals surface area contributed by atoms with Crippen molar-refractivity contribution >= 4 is 35.2 Å².